The van der Waals surface area contributed by atoms with Crippen molar-refractivity contribution in [1.82, 2.24) is 0 Å². The van der Waals surface area contributed by atoms with E-state index < -0.39 is 5.60 Å². The molecule has 1 spiro atoms. The molecule has 0 radical (unpaired) electrons. The van der Waals surface area contributed by atoms with Crippen LogP contribution in [0.15, 0.2) is 114 Å². The number of nitrogens with zero attached hydrogens (tertiary/aromatic N) is 2. The van der Waals surface area contributed by atoms with Crippen LogP contribution in [0.2, 0.25) is 0 Å². The molecule has 3 heterocycles. The van der Waals surface area contributed by atoms with Gasteiger partial charge in [0.1, 0.15) is 21.4 Å². The molecule has 7 nitrogen and oxygen atoms in total. The monoisotopic (exact) mass is 676 g/mol. The molecule has 0 amide bonds. The van der Waals surface area contributed by atoms with Gasteiger partial charge in [-0.25, -0.2) is 9.98 Å². The second-order valence-electron chi connectivity index (χ2n) is 13.0. The molecule has 9 heteroatoms. The zero-order chi connectivity index (χ0) is 33.0. The molecule has 0 saturated heterocycles. The normalized spacial score (nSPS) is 15.2. The van der Waals surface area contributed by atoms with Crippen molar-refractivity contribution in [3.05, 3.63) is 142 Å². The highest BCUT2D eigenvalue weighted by atomic mass is 32.1. The van der Waals surface area contributed by atoms with E-state index >= 15 is 0 Å². The first-order valence-electron chi connectivity index (χ1n) is 16.3. The summed E-state index contributed by atoms with van der Waals surface area (Å²) in [5.41, 5.74) is -1.06. The van der Waals surface area contributed by atoms with E-state index in [0.29, 0.717) is 37.3 Å². The van der Waals surface area contributed by atoms with Gasteiger partial charge in [-0.1, -0.05) is 55.0 Å². The van der Waals surface area contributed by atoms with Gasteiger partial charge in [-0.3, -0.25) is 19.2 Å². The molecule has 6 aromatic carbocycles. The molecule has 236 valence electrons. The first-order chi connectivity index (χ1) is 23.9. The molecule has 1 saturated carbocycles. The van der Waals surface area contributed by atoms with Crippen LogP contribution in [0.5, 0.6) is 5.75 Å². The molecule has 0 N–H and O–H groups in total. The minimum Gasteiger partial charge on any atom is -0.481 e. The van der Waals surface area contributed by atoms with E-state index in [1.807, 2.05) is 60.7 Å². The van der Waals surface area contributed by atoms with E-state index in [2.05, 4.69) is 4.99 Å². The third kappa shape index (κ3) is 4.19. The van der Waals surface area contributed by atoms with E-state index in [-0.39, 0.29) is 32.4 Å². The van der Waals surface area contributed by atoms with Gasteiger partial charge in [-0.05, 0) is 77.6 Å². The highest BCUT2D eigenvalue weighted by Gasteiger charge is 2.44. The van der Waals surface area contributed by atoms with E-state index in [1.165, 1.54) is 22.7 Å². The minimum atomic E-state index is -0.569. The highest BCUT2D eigenvalue weighted by molar-refractivity contribution is 7.26. The van der Waals surface area contributed by atoms with Crippen molar-refractivity contribution in [1.29, 1.82) is 0 Å². The van der Waals surface area contributed by atoms with Crippen molar-refractivity contribution >= 4 is 75.8 Å². The van der Waals surface area contributed by atoms with Gasteiger partial charge in [0.15, 0.2) is 10.7 Å². The van der Waals surface area contributed by atoms with Crippen LogP contribution < -0.4 is 37.2 Å². The van der Waals surface area contributed by atoms with Crippen LogP contribution in [0.1, 0.15) is 37.7 Å². The van der Waals surface area contributed by atoms with Gasteiger partial charge < -0.3 is 4.74 Å². The van der Waals surface area contributed by atoms with E-state index in [0.717, 1.165) is 69.0 Å². The Kier molecular flexibility index (Phi) is 6.02. The van der Waals surface area contributed by atoms with Gasteiger partial charge >= 0.3 is 0 Å². The SMILES string of the molecule is O=c1c(=Nc2cc3c(s2)-c2sc(N=c4c(=O)c5cc6ccccc6cc5c4=O)cc2C2(CCCCC2)O3)c(=O)c2cc3ccccc3cc12. The summed E-state index contributed by atoms with van der Waals surface area (Å²) in [5, 5.41) is 5.98. The van der Waals surface area contributed by atoms with Crippen molar-refractivity contribution < 1.29 is 4.74 Å². The molecule has 1 aliphatic carbocycles. The largest absolute Gasteiger partial charge is 0.481 e. The molecule has 2 aromatic heterocycles. The summed E-state index contributed by atoms with van der Waals surface area (Å²) < 4.78 is 6.82. The summed E-state index contributed by atoms with van der Waals surface area (Å²) in [7, 11) is 0. The first kappa shape index (κ1) is 28.6. The molecule has 49 heavy (non-hydrogen) atoms. The number of benzene rings is 4. The standard InChI is InChI=1S/C40H24N2O5S2/c43-34-24-14-20-8-2-3-9-21(20)15-25(24)35(44)32(34)41-30-18-28-38(48-30)39-29(47-40(28)12-6-1-7-13-40)19-31(49-39)42-33-36(45)26-16-22-10-4-5-11-23(22)17-27(26)37(33)46/h2-5,8-11,14-19H,1,6-7,12-13H2. The fourth-order valence-electron chi connectivity index (χ4n) is 7.72. The van der Waals surface area contributed by atoms with Gasteiger partial charge in [0.2, 0.25) is 21.7 Å². The van der Waals surface area contributed by atoms with Crippen molar-refractivity contribution in [3.8, 4) is 15.5 Å². The number of hydrogen-bond donors (Lipinski definition) is 0. The molecule has 1 aliphatic heterocycles. The molecule has 10 rings (SSSR count). The van der Waals surface area contributed by atoms with Gasteiger partial charge in [0.05, 0.1) is 9.75 Å². The maximum Gasteiger partial charge on any atom is 0.216 e. The number of ether oxygens (including phenoxy) is 1. The number of rotatable bonds is 2. The second-order valence-corrected chi connectivity index (χ2v) is 15.1. The summed E-state index contributed by atoms with van der Waals surface area (Å²) in [6.45, 7) is 0. The lowest BCUT2D eigenvalue weighted by Gasteiger charge is -2.40. The predicted molar refractivity (Wildman–Crippen MR) is 196 cm³/mol. The Morgan fingerprint density at radius 3 is 1.43 bits per heavy atom. The highest BCUT2D eigenvalue weighted by Crippen LogP contribution is 2.58. The van der Waals surface area contributed by atoms with Gasteiger partial charge in [-0.15, -0.1) is 22.7 Å². The van der Waals surface area contributed by atoms with Crippen LogP contribution in [0, 0.1) is 0 Å². The Hall–Kier alpha value is -5.38. The van der Waals surface area contributed by atoms with Crippen LogP contribution in [-0.2, 0) is 5.60 Å². The fourth-order valence-corrected chi connectivity index (χ4v) is 9.96. The maximum atomic E-state index is 13.5. The molecule has 8 aromatic rings. The van der Waals surface area contributed by atoms with Gasteiger partial charge in [0.25, 0.3) is 0 Å². The zero-order valence-corrected chi connectivity index (χ0v) is 27.5. The predicted octanol–water partition coefficient (Wildman–Crippen LogP) is 7.30. The van der Waals surface area contributed by atoms with Crippen molar-refractivity contribution in [2.45, 2.75) is 37.7 Å². The Morgan fingerprint density at radius 1 is 0.531 bits per heavy atom. The smallest absolute Gasteiger partial charge is 0.216 e. The van der Waals surface area contributed by atoms with Crippen LogP contribution in [-0.4, -0.2) is 0 Å². The Bertz CT molecular complexity index is 2920. The molecule has 0 bridgehead atoms. The summed E-state index contributed by atoms with van der Waals surface area (Å²) in [6, 6.07) is 26.2. The third-order valence-electron chi connectivity index (χ3n) is 10.1. The number of hydrogen-bond acceptors (Lipinski definition) is 9. The lowest BCUT2D eigenvalue weighted by Crippen LogP contribution is -2.37. The summed E-state index contributed by atoms with van der Waals surface area (Å²) in [6.07, 6.45) is 4.76. The Morgan fingerprint density at radius 2 is 0.959 bits per heavy atom. The van der Waals surface area contributed by atoms with Gasteiger partial charge in [-0.2, -0.15) is 0 Å². The minimum absolute atomic E-state index is 0.0773. The quantitative estimate of drug-likeness (QED) is 0.191. The van der Waals surface area contributed by atoms with Crippen LogP contribution >= 0.6 is 22.7 Å². The van der Waals surface area contributed by atoms with E-state index in [9.17, 15) is 19.2 Å². The van der Waals surface area contributed by atoms with Crippen molar-refractivity contribution in [2.24, 2.45) is 9.98 Å². The number of thiophene rings is 2. The van der Waals surface area contributed by atoms with Crippen molar-refractivity contribution in [3.63, 3.8) is 0 Å². The number of fused-ring (bicyclic) bond motifs is 8. The average Bonchev–Trinajstić information content (AvgIpc) is 3.85. The molecule has 0 unspecified atom stereocenters. The van der Waals surface area contributed by atoms with Crippen LogP contribution in [0.4, 0.5) is 10.0 Å². The Labute approximate surface area is 284 Å². The molecular formula is C40H24N2O5S2. The van der Waals surface area contributed by atoms with E-state index in [4.69, 9.17) is 9.73 Å². The second kappa shape index (κ2) is 10.3. The molecule has 0 atom stereocenters. The van der Waals surface area contributed by atoms with Crippen molar-refractivity contribution in [2.75, 3.05) is 0 Å². The summed E-state index contributed by atoms with van der Waals surface area (Å²) in [5.74, 6) is 0.660. The zero-order valence-electron chi connectivity index (χ0n) is 25.9. The first-order valence-corrected chi connectivity index (χ1v) is 17.9. The third-order valence-corrected chi connectivity index (χ3v) is 12.3. The molecular weight excluding hydrogens is 653 g/mol. The lowest BCUT2D eigenvalue weighted by atomic mass is 9.78. The topological polar surface area (TPSA) is 102 Å². The summed E-state index contributed by atoms with van der Waals surface area (Å²) >= 11 is 2.78. The van der Waals surface area contributed by atoms with Crippen LogP contribution in [0.25, 0.3) is 52.8 Å². The Balaban J connectivity index is 1.14. The molecule has 2 aliphatic rings. The maximum absolute atomic E-state index is 13.5. The molecule has 1 fully saturated rings. The lowest BCUT2D eigenvalue weighted by molar-refractivity contribution is 0.0251. The average molecular weight is 677 g/mol. The summed E-state index contributed by atoms with van der Waals surface area (Å²) in [4.78, 5) is 65.1. The van der Waals surface area contributed by atoms with Gasteiger partial charge in [0, 0.05) is 33.2 Å². The van der Waals surface area contributed by atoms with E-state index in [1.54, 1.807) is 24.3 Å². The van der Waals surface area contributed by atoms with Crippen LogP contribution in [0.3, 0.4) is 0 Å². The fraction of sp³-hybridized carbons (Fsp3) is 0.150.